The first-order valence-corrected chi connectivity index (χ1v) is 13.1. The molecular weight excluding hydrogens is 427 g/mol. The number of carbonyl (C=O) groups is 1. The maximum Gasteiger partial charge on any atom is 0.237 e. The van der Waals surface area contributed by atoms with Gasteiger partial charge in [0.25, 0.3) is 0 Å². The fraction of sp³-hybridized carbons (Fsp3) is 0.840. The van der Waals surface area contributed by atoms with Crippen molar-refractivity contribution in [1.29, 1.82) is 0 Å². The molecule has 4 rings (SSSR count). The van der Waals surface area contributed by atoms with Gasteiger partial charge in [0.2, 0.25) is 5.91 Å². The summed E-state index contributed by atoms with van der Waals surface area (Å²) >= 11 is 6.62. The van der Waals surface area contributed by atoms with Crippen molar-refractivity contribution in [2.24, 2.45) is 29.6 Å². The van der Waals surface area contributed by atoms with Gasteiger partial charge < -0.3 is 15.2 Å². The maximum atomic E-state index is 13.9. The molecule has 2 saturated carbocycles. The van der Waals surface area contributed by atoms with E-state index in [-0.39, 0.29) is 29.3 Å². The highest BCUT2D eigenvalue weighted by Crippen LogP contribution is 2.37. The summed E-state index contributed by atoms with van der Waals surface area (Å²) in [6.07, 6.45) is 12.1. The first-order chi connectivity index (χ1) is 15.4. The standard InChI is InChI=1S/C25H40ClFN4O/c1-16-7-17(2)9-18(8-16)13-29-25(32)24-11-19(14-31-6-5-28-15-31)10-23(30-24)21-4-3-20(27)12-22(21)26/h5-6,15-24,30H,3-4,7-14H2,1-2H3,(H,29,32). The van der Waals surface area contributed by atoms with Crippen LogP contribution in [0.5, 0.6) is 0 Å². The number of aromatic nitrogens is 2. The van der Waals surface area contributed by atoms with Gasteiger partial charge in [0.1, 0.15) is 6.17 Å². The molecule has 1 saturated heterocycles. The van der Waals surface area contributed by atoms with Gasteiger partial charge in [-0.15, -0.1) is 11.6 Å². The van der Waals surface area contributed by atoms with E-state index >= 15 is 0 Å². The highest BCUT2D eigenvalue weighted by Gasteiger charge is 2.41. The molecule has 3 aliphatic rings. The molecule has 0 spiro atoms. The van der Waals surface area contributed by atoms with E-state index in [9.17, 15) is 9.18 Å². The molecule has 3 fully saturated rings. The second-order valence-corrected chi connectivity index (χ2v) is 11.6. The SMILES string of the molecule is CC1CC(C)CC(CNC(=O)C2CC(Cn3ccnc3)CC(C3CCC(F)CC3Cl)N2)C1. The quantitative estimate of drug-likeness (QED) is 0.604. The van der Waals surface area contributed by atoms with Gasteiger partial charge in [-0.2, -0.15) is 0 Å². The van der Waals surface area contributed by atoms with Crippen molar-refractivity contribution in [3.05, 3.63) is 18.7 Å². The third-order valence-corrected chi connectivity index (χ3v) is 8.53. The van der Waals surface area contributed by atoms with E-state index in [4.69, 9.17) is 11.6 Å². The van der Waals surface area contributed by atoms with Gasteiger partial charge in [-0.25, -0.2) is 9.37 Å². The number of imidazole rings is 1. The minimum atomic E-state index is -0.793. The number of carbonyl (C=O) groups excluding carboxylic acids is 1. The highest BCUT2D eigenvalue weighted by atomic mass is 35.5. The van der Waals surface area contributed by atoms with Crippen molar-refractivity contribution < 1.29 is 9.18 Å². The number of hydrogen-bond donors (Lipinski definition) is 2. The fourth-order valence-corrected chi connectivity index (χ4v) is 7.19. The summed E-state index contributed by atoms with van der Waals surface area (Å²) in [6, 6.07) is -0.0644. The molecule has 0 bridgehead atoms. The second-order valence-electron chi connectivity index (χ2n) is 11.0. The summed E-state index contributed by atoms with van der Waals surface area (Å²) in [5.74, 6) is 2.75. The predicted octanol–water partition coefficient (Wildman–Crippen LogP) is 4.55. The molecule has 0 radical (unpaired) electrons. The Morgan fingerprint density at radius 3 is 2.59 bits per heavy atom. The largest absolute Gasteiger partial charge is 0.354 e. The molecule has 1 aromatic heterocycles. The number of nitrogens with zero attached hydrogens (tertiary/aromatic N) is 2. The zero-order chi connectivity index (χ0) is 22.7. The van der Waals surface area contributed by atoms with Crippen molar-refractivity contribution in [3.8, 4) is 0 Å². The number of amides is 1. The van der Waals surface area contributed by atoms with Crippen LogP contribution in [0.15, 0.2) is 18.7 Å². The third-order valence-electron chi connectivity index (χ3n) is 8.03. The van der Waals surface area contributed by atoms with Gasteiger partial charge in [0.05, 0.1) is 12.4 Å². The molecule has 2 N–H and O–H groups in total. The van der Waals surface area contributed by atoms with E-state index in [0.717, 1.165) is 44.2 Å². The summed E-state index contributed by atoms with van der Waals surface area (Å²) in [4.78, 5) is 17.4. The molecule has 1 aromatic rings. The summed E-state index contributed by atoms with van der Waals surface area (Å²) in [6.45, 7) is 6.28. The number of piperidine rings is 1. The van der Waals surface area contributed by atoms with E-state index in [1.165, 1.54) is 19.3 Å². The third kappa shape index (κ3) is 6.25. The first-order valence-electron chi connectivity index (χ1n) is 12.6. The Labute approximate surface area is 197 Å². The molecule has 7 heteroatoms. The molecular formula is C25H40ClFN4O. The summed E-state index contributed by atoms with van der Waals surface area (Å²) < 4.78 is 16.0. The van der Waals surface area contributed by atoms with Crippen LogP contribution < -0.4 is 10.6 Å². The average Bonchev–Trinajstić information content (AvgIpc) is 3.24. The van der Waals surface area contributed by atoms with Gasteiger partial charge in [-0.05, 0) is 81.0 Å². The summed E-state index contributed by atoms with van der Waals surface area (Å²) in [5.41, 5.74) is 0. The Balaban J connectivity index is 1.39. The van der Waals surface area contributed by atoms with Crippen LogP contribution in [-0.4, -0.2) is 45.6 Å². The normalized spacial score (nSPS) is 40.7. The summed E-state index contributed by atoms with van der Waals surface area (Å²) in [5, 5.41) is 6.74. The van der Waals surface area contributed by atoms with Crippen LogP contribution in [0.2, 0.25) is 0 Å². The van der Waals surface area contributed by atoms with Crippen LogP contribution in [0, 0.1) is 29.6 Å². The van der Waals surface area contributed by atoms with E-state index in [1.54, 1.807) is 6.20 Å². The van der Waals surface area contributed by atoms with Gasteiger partial charge in [0, 0.05) is 36.9 Å². The zero-order valence-electron chi connectivity index (χ0n) is 19.6. The Hall–Kier alpha value is -1.14. The molecule has 8 atom stereocenters. The smallest absolute Gasteiger partial charge is 0.237 e. The van der Waals surface area contributed by atoms with Crippen LogP contribution >= 0.6 is 11.6 Å². The number of halogens is 2. The molecule has 2 heterocycles. The highest BCUT2D eigenvalue weighted by molar-refractivity contribution is 6.20. The monoisotopic (exact) mass is 466 g/mol. The van der Waals surface area contributed by atoms with E-state index < -0.39 is 6.17 Å². The molecule has 5 nitrogen and oxygen atoms in total. The lowest BCUT2D eigenvalue weighted by Crippen LogP contribution is -2.57. The van der Waals surface area contributed by atoms with Crippen LogP contribution in [0.1, 0.15) is 65.2 Å². The molecule has 180 valence electrons. The molecule has 32 heavy (non-hydrogen) atoms. The number of rotatable bonds is 6. The minimum Gasteiger partial charge on any atom is -0.354 e. The number of nitrogens with one attached hydrogen (secondary N) is 2. The van der Waals surface area contributed by atoms with Gasteiger partial charge >= 0.3 is 0 Å². The Bertz CT molecular complexity index is 722. The van der Waals surface area contributed by atoms with Crippen molar-refractivity contribution in [1.82, 2.24) is 20.2 Å². The lowest BCUT2D eigenvalue weighted by molar-refractivity contribution is -0.125. The molecule has 0 aromatic carbocycles. The van der Waals surface area contributed by atoms with Crippen molar-refractivity contribution in [3.63, 3.8) is 0 Å². The topological polar surface area (TPSA) is 59.0 Å². The summed E-state index contributed by atoms with van der Waals surface area (Å²) in [7, 11) is 0. The fourth-order valence-electron chi connectivity index (χ4n) is 6.70. The van der Waals surface area contributed by atoms with Crippen LogP contribution in [0.3, 0.4) is 0 Å². The average molecular weight is 467 g/mol. The van der Waals surface area contributed by atoms with Crippen LogP contribution in [0.4, 0.5) is 4.39 Å². The van der Waals surface area contributed by atoms with Crippen molar-refractivity contribution in [2.75, 3.05) is 6.54 Å². The van der Waals surface area contributed by atoms with Crippen molar-refractivity contribution in [2.45, 2.75) is 95.4 Å². The lowest BCUT2D eigenvalue weighted by atomic mass is 9.75. The number of alkyl halides is 2. The lowest BCUT2D eigenvalue weighted by Gasteiger charge is -2.43. The van der Waals surface area contributed by atoms with Crippen molar-refractivity contribution >= 4 is 17.5 Å². The molecule has 1 aliphatic heterocycles. The second kappa shape index (κ2) is 10.9. The van der Waals surface area contributed by atoms with Crippen LogP contribution in [-0.2, 0) is 11.3 Å². The predicted molar refractivity (Wildman–Crippen MR) is 126 cm³/mol. The Kier molecular flexibility index (Phi) is 8.14. The molecule has 2 aliphatic carbocycles. The number of hydrogen-bond acceptors (Lipinski definition) is 3. The van der Waals surface area contributed by atoms with E-state index in [0.29, 0.717) is 24.7 Å². The zero-order valence-corrected chi connectivity index (χ0v) is 20.3. The first kappa shape index (κ1) is 24.0. The molecule has 1 amide bonds. The van der Waals surface area contributed by atoms with Gasteiger partial charge in [-0.3, -0.25) is 4.79 Å². The van der Waals surface area contributed by atoms with E-state index in [2.05, 4.69) is 34.0 Å². The maximum absolute atomic E-state index is 13.9. The minimum absolute atomic E-state index is 0.113. The van der Waals surface area contributed by atoms with Gasteiger partial charge in [-0.1, -0.05) is 13.8 Å². The van der Waals surface area contributed by atoms with E-state index in [1.807, 2.05) is 12.5 Å². The molecule has 8 unspecified atom stereocenters. The Morgan fingerprint density at radius 2 is 1.91 bits per heavy atom. The van der Waals surface area contributed by atoms with Gasteiger partial charge in [0.15, 0.2) is 0 Å². The Morgan fingerprint density at radius 1 is 1.12 bits per heavy atom. The van der Waals surface area contributed by atoms with Crippen LogP contribution in [0.25, 0.3) is 0 Å².